The lowest BCUT2D eigenvalue weighted by molar-refractivity contribution is 0.669. The maximum Gasteiger partial charge on any atom is 0.136 e. The van der Waals surface area contributed by atoms with Crippen molar-refractivity contribution in [2.45, 2.75) is 0 Å². The van der Waals surface area contributed by atoms with Crippen molar-refractivity contribution in [3.05, 3.63) is 212 Å². The van der Waals surface area contributed by atoms with Gasteiger partial charge in [0.1, 0.15) is 11.2 Å². The second kappa shape index (κ2) is 13.2. The van der Waals surface area contributed by atoms with Crippen LogP contribution >= 0.6 is 0 Å². The van der Waals surface area contributed by atoms with Crippen molar-refractivity contribution in [3.8, 4) is 33.4 Å². The van der Waals surface area contributed by atoms with Crippen LogP contribution in [0, 0.1) is 0 Å². The summed E-state index contributed by atoms with van der Waals surface area (Å²) in [5.74, 6) is 0. The van der Waals surface area contributed by atoms with Crippen LogP contribution in [0.1, 0.15) is 0 Å². The Kier molecular flexibility index (Phi) is 7.53. The van der Waals surface area contributed by atoms with Crippen molar-refractivity contribution in [2.75, 3.05) is 4.90 Å². The van der Waals surface area contributed by atoms with Gasteiger partial charge in [-0.15, -0.1) is 0 Å². The molecule has 1 heterocycles. The molecule has 1 aromatic heterocycles. The number of anilines is 3. The van der Waals surface area contributed by atoms with Gasteiger partial charge >= 0.3 is 0 Å². The van der Waals surface area contributed by atoms with Crippen LogP contribution in [0.15, 0.2) is 217 Å². The summed E-state index contributed by atoms with van der Waals surface area (Å²) in [6, 6.07) is 76.7. The zero-order valence-corrected chi connectivity index (χ0v) is 30.6. The van der Waals surface area contributed by atoms with Crippen LogP contribution in [-0.4, -0.2) is 0 Å². The molecule has 0 aliphatic carbocycles. The van der Waals surface area contributed by atoms with Crippen LogP contribution < -0.4 is 4.90 Å². The van der Waals surface area contributed by atoms with Crippen LogP contribution in [0.3, 0.4) is 0 Å². The molecule has 2 nitrogen and oxygen atoms in total. The zero-order valence-electron chi connectivity index (χ0n) is 30.6. The lowest BCUT2D eigenvalue weighted by Crippen LogP contribution is -2.10. The highest BCUT2D eigenvalue weighted by molar-refractivity contribution is 6.14. The van der Waals surface area contributed by atoms with Crippen molar-refractivity contribution in [2.24, 2.45) is 0 Å². The predicted molar refractivity (Wildman–Crippen MR) is 237 cm³/mol. The molecule has 2 heteroatoms. The molecule has 0 amide bonds. The molecule has 0 atom stereocenters. The fourth-order valence-electron chi connectivity index (χ4n) is 8.45. The second-order valence-corrected chi connectivity index (χ2v) is 14.5. The number of nitrogens with zero attached hydrogens (tertiary/aromatic N) is 1. The van der Waals surface area contributed by atoms with Gasteiger partial charge < -0.3 is 9.32 Å². The first-order valence-electron chi connectivity index (χ1n) is 19.2. The van der Waals surface area contributed by atoms with Crippen LogP contribution in [0.4, 0.5) is 17.1 Å². The fourth-order valence-corrected chi connectivity index (χ4v) is 8.45. The lowest BCUT2D eigenvalue weighted by atomic mass is 9.93. The van der Waals surface area contributed by atoms with E-state index in [1.807, 2.05) is 12.1 Å². The van der Waals surface area contributed by atoms with Crippen LogP contribution in [-0.2, 0) is 0 Å². The van der Waals surface area contributed by atoms with Gasteiger partial charge in [0.15, 0.2) is 0 Å². The van der Waals surface area contributed by atoms with E-state index in [9.17, 15) is 0 Å². The first-order valence-corrected chi connectivity index (χ1v) is 19.2. The summed E-state index contributed by atoms with van der Waals surface area (Å²) in [7, 11) is 0. The van der Waals surface area contributed by atoms with E-state index < -0.39 is 0 Å². The van der Waals surface area contributed by atoms with Crippen molar-refractivity contribution in [3.63, 3.8) is 0 Å². The Hall–Kier alpha value is -7.42. The van der Waals surface area contributed by atoms with Gasteiger partial charge in [0, 0.05) is 27.8 Å². The Morgan fingerprint density at radius 1 is 0.268 bits per heavy atom. The third-order valence-electron chi connectivity index (χ3n) is 11.2. The highest BCUT2D eigenvalue weighted by Gasteiger charge is 2.17. The number of furan rings is 1. The zero-order chi connectivity index (χ0) is 37.0. The molecule has 0 fully saturated rings. The molecule has 0 saturated carbocycles. The molecule has 10 aromatic carbocycles. The Balaban J connectivity index is 1.05. The van der Waals surface area contributed by atoms with E-state index in [0.29, 0.717) is 0 Å². The highest BCUT2D eigenvalue weighted by Crippen LogP contribution is 2.42. The number of benzene rings is 10. The Morgan fingerprint density at radius 2 is 0.839 bits per heavy atom. The van der Waals surface area contributed by atoms with Crippen LogP contribution in [0.5, 0.6) is 0 Å². The standard InChI is InChI=1S/C54H35NO/c1-2-12-38-31-40(24-23-36(38)11-1)39-14-9-16-45(32-39)55(44-28-25-37(26-29-44)41-27-30-51-50-21-7-8-22-53(50)56-54(51)35-41)46-17-10-15-42(33-46)52-34-43-13-3-4-18-47(43)48-19-5-6-20-49(48)52/h1-35H. The fraction of sp³-hybridized carbons (Fsp3) is 0. The first kappa shape index (κ1) is 32.0. The minimum atomic E-state index is 0.901. The Bertz CT molecular complexity index is 3260. The molecule has 0 bridgehead atoms. The van der Waals surface area contributed by atoms with Crippen molar-refractivity contribution >= 4 is 71.3 Å². The van der Waals surface area contributed by atoms with Gasteiger partial charge in [-0.3, -0.25) is 0 Å². The van der Waals surface area contributed by atoms with Crippen LogP contribution in [0.25, 0.3) is 87.6 Å². The van der Waals surface area contributed by atoms with E-state index in [4.69, 9.17) is 4.42 Å². The van der Waals surface area contributed by atoms with Gasteiger partial charge in [0.2, 0.25) is 0 Å². The van der Waals surface area contributed by atoms with Gasteiger partial charge in [0.05, 0.1) is 0 Å². The van der Waals surface area contributed by atoms with Gasteiger partial charge in [-0.25, -0.2) is 0 Å². The number of hydrogen-bond donors (Lipinski definition) is 0. The third-order valence-corrected chi connectivity index (χ3v) is 11.2. The highest BCUT2D eigenvalue weighted by atomic mass is 16.3. The average molecular weight is 714 g/mol. The van der Waals surface area contributed by atoms with Crippen molar-refractivity contribution in [1.29, 1.82) is 0 Å². The monoisotopic (exact) mass is 713 g/mol. The number of fused-ring (bicyclic) bond motifs is 7. The first-order chi connectivity index (χ1) is 27.7. The topological polar surface area (TPSA) is 16.4 Å². The summed E-state index contributed by atoms with van der Waals surface area (Å²) in [6.07, 6.45) is 0. The molecular formula is C54H35NO. The van der Waals surface area contributed by atoms with Crippen molar-refractivity contribution < 1.29 is 4.42 Å². The normalized spacial score (nSPS) is 11.6. The maximum atomic E-state index is 6.25. The third kappa shape index (κ3) is 5.51. The molecule has 56 heavy (non-hydrogen) atoms. The summed E-state index contributed by atoms with van der Waals surface area (Å²) in [6.45, 7) is 0. The Labute approximate surface area is 325 Å². The number of rotatable bonds is 6. The minimum absolute atomic E-state index is 0.901. The molecule has 0 aliphatic heterocycles. The maximum absolute atomic E-state index is 6.25. The van der Waals surface area contributed by atoms with E-state index in [-0.39, 0.29) is 0 Å². The smallest absolute Gasteiger partial charge is 0.136 e. The predicted octanol–water partition coefficient (Wildman–Crippen LogP) is 15.5. The SMILES string of the molecule is c1cc(-c2ccc3ccccc3c2)cc(N(c2ccc(-c3ccc4c(c3)oc3ccccc34)cc2)c2cccc(-c3cc4ccccc4c4ccccc34)c2)c1. The summed E-state index contributed by atoms with van der Waals surface area (Å²) < 4.78 is 6.25. The van der Waals surface area contributed by atoms with Crippen molar-refractivity contribution in [1.82, 2.24) is 0 Å². The summed E-state index contributed by atoms with van der Waals surface area (Å²) in [4.78, 5) is 2.38. The van der Waals surface area contributed by atoms with Gasteiger partial charge in [-0.2, -0.15) is 0 Å². The molecular weight excluding hydrogens is 679 g/mol. The average Bonchev–Trinajstić information content (AvgIpc) is 3.64. The summed E-state index contributed by atoms with van der Waals surface area (Å²) in [5, 5.41) is 9.78. The number of hydrogen-bond acceptors (Lipinski definition) is 2. The molecule has 11 rings (SSSR count). The molecule has 0 N–H and O–H groups in total. The van der Waals surface area contributed by atoms with E-state index in [1.165, 1.54) is 54.6 Å². The lowest BCUT2D eigenvalue weighted by Gasteiger charge is -2.27. The minimum Gasteiger partial charge on any atom is -0.456 e. The van der Waals surface area contributed by atoms with Gasteiger partial charge in [-0.05, 0) is 132 Å². The molecule has 262 valence electrons. The van der Waals surface area contributed by atoms with Gasteiger partial charge in [0.25, 0.3) is 0 Å². The van der Waals surface area contributed by atoms with E-state index in [2.05, 4.69) is 205 Å². The Morgan fingerprint density at radius 3 is 1.66 bits per heavy atom. The van der Waals surface area contributed by atoms with E-state index in [1.54, 1.807) is 0 Å². The largest absolute Gasteiger partial charge is 0.456 e. The molecule has 0 aliphatic rings. The second-order valence-electron chi connectivity index (χ2n) is 14.5. The van der Waals surface area contributed by atoms with E-state index >= 15 is 0 Å². The molecule has 11 aromatic rings. The summed E-state index contributed by atoms with van der Waals surface area (Å²) >= 11 is 0. The number of para-hydroxylation sites is 1. The molecule has 0 radical (unpaired) electrons. The molecule has 0 unspecified atom stereocenters. The van der Waals surface area contributed by atoms with Crippen LogP contribution in [0.2, 0.25) is 0 Å². The van der Waals surface area contributed by atoms with Gasteiger partial charge in [-0.1, -0.05) is 146 Å². The van der Waals surface area contributed by atoms with E-state index in [0.717, 1.165) is 50.1 Å². The molecule has 0 saturated heterocycles. The molecule has 0 spiro atoms. The quantitative estimate of drug-likeness (QED) is 0.160. The summed E-state index contributed by atoms with van der Waals surface area (Å²) in [5.41, 5.74) is 12.1.